The van der Waals surface area contributed by atoms with Crippen LogP contribution in [0.5, 0.6) is 0 Å². The Morgan fingerprint density at radius 1 is 1.22 bits per heavy atom. The van der Waals surface area contributed by atoms with Crippen molar-refractivity contribution in [3.63, 3.8) is 0 Å². The molecule has 0 spiro atoms. The van der Waals surface area contributed by atoms with Gasteiger partial charge in [-0.15, -0.1) is 0 Å². The second-order valence-corrected chi connectivity index (χ2v) is 7.98. The average Bonchev–Trinajstić information content (AvgIpc) is 2.23. The average molecular weight is 278 g/mol. The van der Waals surface area contributed by atoms with Gasteiger partial charge in [0.25, 0.3) is 0 Å². The molecule has 0 amide bonds. The van der Waals surface area contributed by atoms with E-state index in [-0.39, 0.29) is 29.1 Å². The van der Waals surface area contributed by atoms with Gasteiger partial charge in [-0.2, -0.15) is 0 Å². The Balaban J connectivity index is 4.37. The van der Waals surface area contributed by atoms with E-state index in [1.807, 2.05) is 27.7 Å². The third kappa shape index (κ3) is 6.50. The van der Waals surface area contributed by atoms with Crippen LogP contribution in [0.25, 0.3) is 0 Å². The van der Waals surface area contributed by atoms with E-state index in [1.54, 1.807) is 6.92 Å². The number of ether oxygens (including phenoxy) is 1. The Kier molecular flexibility index (Phi) is 7.07. The van der Waals surface area contributed by atoms with Crippen LogP contribution in [0.3, 0.4) is 0 Å². The van der Waals surface area contributed by atoms with Crippen molar-refractivity contribution in [2.45, 2.75) is 53.6 Å². The molecule has 1 atom stereocenters. The van der Waals surface area contributed by atoms with Gasteiger partial charge in [-0.1, -0.05) is 27.7 Å². The SMILES string of the molecule is CCOC(C(=O)CCCS(=O)(=O)CC)C(C)(C)C. The first-order valence-electron chi connectivity index (χ1n) is 6.48. The standard InChI is InChI=1S/C13H26O4S/c1-6-17-12(13(3,4)5)11(14)9-8-10-18(15,16)7-2/h12H,6-10H2,1-5H3. The highest BCUT2D eigenvalue weighted by atomic mass is 32.2. The van der Waals surface area contributed by atoms with E-state index in [4.69, 9.17) is 4.74 Å². The van der Waals surface area contributed by atoms with Crippen LogP contribution >= 0.6 is 0 Å². The molecule has 0 saturated heterocycles. The quantitative estimate of drug-likeness (QED) is 0.683. The van der Waals surface area contributed by atoms with E-state index in [1.165, 1.54) is 0 Å². The van der Waals surface area contributed by atoms with Crippen molar-refractivity contribution in [1.82, 2.24) is 0 Å². The zero-order valence-corrected chi connectivity index (χ0v) is 13.0. The molecular weight excluding hydrogens is 252 g/mol. The number of hydrogen-bond acceptors (Lipinski definition) is 4. The van der Waals surface area contributed by atoms with Crippen molar-refractivity contribution < 1.29 is 17.9 Å². The lowest BCUT2D eigenvalue weighted by atomic mass is 9.85. The molecule has 0 rings (SSSR count). The molecule has 18 heavy (non-hydrogen) atoms. The van der Waals surface area contributed by atoms with Gasteiger partial charge >= 0.3 is 0 Å². The van der Waals surface area contributed by atoms with Gasteiger partial charge in [-0.25, -0.2) is 8.42 Å². The third-order valence-electron chi connectivity index (χ3n) is 2.73. The molecule has 0 bridgehead atoms. The Hall–Kier alpha value is -0.420. The minimum atomic E-state index is -2.98. The summed E-state index contributed by atoms with van der Waals surface area (Å²) in [5.74, 6) is 0.212. The van der Waals surface area contributed by atoms with Gasteiger partial charge in [0.15, 0.2) is 5.78 Å². The van der Waals surface area contributed by atoms with Crippen LogP contribution in [0, 0.1) is 5.41 Å². The van der Waals surface area contributed by atoms with Gasteiger partial charge in [0.05, 0.1) is 5.75 Å². The van der Waals surface area contributed by atoms with Crippen molar-refractivity contribution in [2.24, 2.45) is 5.41 Å². The lowest BCUT2D eigenvalue weighted by Crippen LogP contribution is -2.37. The summed E-state index contributed by atoms with van der Waals surface area (Å²) in [5, 5.41) is 0. The van der Waals surface area contributed by atoms with Crippen LogP contribution in [-0.4, -0.2) is 38.4 Å². The summed E-state index contributed by atoms with van der Waals surface area (Å²) in [7, 11) is -2.98. The molecule has 0 aromatic heterocycles. The lowest BCUT2D eigenvalue weighted by molar-refractivity contribution is -0.137. The van der Waals surface area contributed by atoms with Crippen molar-refractivity contribution in [1.29, 1.82) is 0 Å². The maximum absolute atomic E-state index is 12.0. The van der Waals surface area contributed by atoms with E-state index < -0.39 is 15.9 Å². The minimum Gasteiger partial charge on any atom is -0.370 e. The summed E-state index contributed by atoms with van der Waals surface area (Å²) in [6.45, 7) is 9.82. The van der Waals surface area contributed by atoms with Gasteiger partial charge in [-0.3, -0.25) is 4.79 Å². The van der Waals surface area contributed by atoms with Gasteiger partial charge in [0.1, 0.15) is 15.9 Å². The summed E-state index contributed by atoms with van der Waals surface area (Å²) < 4.78 is 28.1. The van der Waals surface area contributed by atoms with Crippen molar-refractivity contribution in [3.05, 3.63) is 0 Å². The summed E-state index contributed by atoms with van der Waals surface area (Å²) in [5.41, 5.74) is -0.253. The van der Waals surface area contributed by atoms with Crippen molar-refractivity contribution >= 4 is 15.6 Å². The molecule has 0 fully saturated rings. The molecule has 1 unspecified atom stereocenters. The van der Waals surface area contributed by atoms with Crippen LogP contribution in [0.15, 0.2) is 0 Å². The predicted molar refractivity (Wildman–Crippen MR) is 73.4 cm³/mol. The van der Waals surface area contributed by atoms with Gasteiger partial charge in [-0.05, 0) is 18.8 Å². The summed E-state index contributed by atoms with van der Waals surface area (Å²) >= 11 is 0. The lowest BCUT2D eigenvalue weighted by Gasteiger charge is -2.29. The maximum Gasteiger partial charge on any atom is 0.162 e. The number of sulfone groups is 1. The van der Waals surface area contributed by atoms with E-state index in [9.17, 15) is 13.2 Å². The molecule has 0 heterocycles. The molecule has 0 saturated carbocycles. The second kappa shape index (κ2) is 7.24. The Morgan fingerprint density at radius 3 is 2.17 bits per heavy atom. The fourth-order valence-electron chi connectivity index (χ4n) is 1.73. The molecule has 0 aliphatic heterocycles. The van der Waals surface area contributed by atoms with Crippen molar-refractivity contribution in [3.8, 4) is 0 Å². The maximum atomic E-state index is 12.0. The molecule has 0 aliphatic carbocycles. The highest BCUT2D eigenvalue weighted by Crippen LogP contribution is 2.24. The number of ketones is 1. The monoisotopic (exact) mass is 278 g/mol. The summed E-state index contributed by atoms with van der Waals surface area (Å²) in [6.07, 6.45) is 0.197. The van der Waals surface area contributed by atoms with Crippen LogP contribution in [0.2, 0.25) is 0 Å². The molecule has 0 aromatic rings. The molecule has 0 aliphatic rings. The first kappa shape index (κ1) is 17.6. The molecule has 0 N–H and O–H groups in total. The first-order chi connectivity index (χ1) is 8.14. The summed E-state index contributed by atoms with van der Waals surface area (Å²) in [4.78, 5) is 12.0. The van der Waals surface area contributed by atoms with Crippen LogP contribution in [0.1, 0.15) is 47.5 Å². The Bertz CT molecular complexity index is 352. The largest absolute Gasteiger partial charge is 0.370 e. The summed E-state index contributed by atoms with van der Waals surface area (Å²) in [6, 6.07) is 0. The first-order valence-corrected chi connectivity index (χ1v) is 8.31. The molecular formula is C13H26O4S. The number of carbonyl (C=O) groups is 1. The van der Waals surface area contributed by atoms with Gasteiger partial charge in [0, 0.05) is 18.8 Å². The van der Waals surface area contributed by atoms with E-state index in [2.05, 4.69) is 0 Å². The predicted octanol–water partition coefficient (Wildman–Crippen LogP) is 2.22. The van der Waals surface area contributed by atoms with Gasteiger partial charge in [0.2, 0.25) is 0 Å². The van der Waals surface area contributed by atoms with Crippen LogP contribution < -0.4 is 0 Å². The second-order valence-electron chi connectivity index (χ2n) is 5.51. The third-order valence-corrected chi connectivity index (χ3v) is 4.52. The topological polar surface area (TPSA) is 60.4 Å². The fraction of sp³-hybridized carbons (Fsp3) is 0.923. The van der Waals surface area contributed by atoms with Crippen LogP contribution in [-0.2, 0) is 19.4 Å². The molecule has 4 nitrogen and oxygen atoms in total. The number of rotatable bonds is 8. The Morgan fingerprint density at radius 2 is 1.78 bits per heavy atom. The van der Waals surface area contributed by atoms with Crippen molar-refractivity contribution in [2.75, 3.05) is 18.1 Å². The van der Waals surface area contributed by atoms with E-state index in [0.717, 1.165) is 0 Å². The highest BCUT2D eigenvalue weighted by Gasteiger charge is 2.31. The number of carbonyl (C=O) groups excluding carboxylic acids is 1. The van der Waals surface area contributed by atoms with E-state index >= 15 is 0 Å². The fourth-order valence-corrected chi connectivity index (χ4v) is 2.61. The molecule has 5 heteroatoms. The smallest absolute Gasteiger partial charge is 0.162 e. The highest BCUT2D eigenvalue weighted by molar-refractivity contribution is 7.91. The minimum absolute atomic E-state index is 0.00402. The number of Topliss-reactive ketones (excluding diaryl/α,β-unsaturated/α-hetero) is 1. The molecule has 0 radical (unpaired) electrons. The van der Waals surface area contributed by atoms with E-state index in [0.29, 0.717) is 13.0 Å². The van der Waals surface area contributed by atoms with Crippen LogP contribution in [0.4, 0.5) is 0 Å². The zero-order valence-electron chi connectivity index (χ0n) is 12.2. The number of hydrogen-bond donors (Lipinski definition) is 0. The van der Waals surface area contributed by atoms with Gasteiger partial charge < -0.3 is 4.74 Å². The zero-order chi connectivity index (χ0) is 14.4. The molecule has 0 aromatic carbocycles. The molecule has 108 valence electrons. The normalized spacial score (nSPS) is 14.5. The Labute approximate surface area is 111 Å².